The summed E-state index contributed by atoms with van der Waals surface area (Å²) >= 11 is 0. The summed E-state index contributed by atoms with van der Waals surface area (Å²) in [5.41, 5.74) is 3.85. The summed E-state index contributed by atoms with van der Waals surface area (Å²) in [7, 11) is 2.01. The molecule has 1 heterocycles. The van der Waals surface area contributed by atoms with Crippen LogP contribution in [0.3, 0.4) is 0 Å². The van der Waals surface area contributed by atoms with E-state index in [0.29, 0.717) is 5.69 Å². The number of rotatable bonds is 4. The molecule has 0 spiro atoms. The van der Waals surface area contributed by atoms with E-state index >= 15 is 0 Å². The van der Waals surface area contributed by atoms with Gasteiger partial charge in [0.15, 0.2) is 0 Å². The summed E-state index contributed by atoms with van der Waals surface area (Å²) in [5.74, 6) is -0.214. The van der Waals surface area contributed by atoms with Gasteiger partial charge in [-0.05, 0) is 39.0 Å². The Hall–Kier alpha value is -2.43. The van der Waals surface area contributed by atoms with Gasteiger partial charge in [-0.1, -0.05) is 6.07 Å². The number of amides is 1. The lowest BCUT2D eigenvalue weighted by atomic mass is 10.1. The van der Waals surface area contributed by atoms with Crippen molar-refractivity contribution in [2.45, 2.75) is 20.8 Å². The minimum absolute atomic E-state index is 0.214. The van der Waals surface area contributed by atoms with Crippen LogP contribution in [0.5, 0.6) is 0 Å². The number of carbonyl (C=O) groups is 1. The first-order valence-corrected chi connectivity index (χ1v) is 6.93. The molecule has 5 heteroatoms. The lowest BCUT2D eigenvalue weighted by Crippen LogP contribution is -2.18. The Bertz CT molecular complexity index is 654. The first-order valence-electron chi connectivity index (χ1n) is 6.93. The highest BCUT2D eigenvalue weighted by atomic mass is 16.1. The van der Waals surface area contributed by atoms with Gasteiger partial charge >= 0.3 is 0 Å². The minimum Gasteiger partial charge on any atom is -0.375 e. The number of hydrogen-bond acceptors (Lipinski definition) is 4. The smallest absolute Gasteiger partial charge is 0.274 e. The Kier molecular flexibility index (Phi) is 4.52. The van der Waals surface area contributed by atoms with Gasteiger partial charge < -0.3 is 10.2 Å². The summed E-state index contributed by atoms with van der Waals surface area (Å²) in [4.78, 5) is 22.6. The number of hydrogen-bond donors (Lipinski definition) is 1. The molecule has 1 aromatic carbocycles. The molecular weight excluding hydrogens is 264 g/mol. The van der Waals surface area contributed by atoms with Gasteiger partial charge in [-0.3, -0.25) is 4.79 Å². The van der Waals surface area contributed by atoms with Crippen molar-refractivity contribution >= 4 is 17.3 Å². The zero-order chi connectivity index (χ0) is 15.4. The lowest BCUT2D eigenvalue weighted by molar-refractivity contribution is 0.102. The Morgan fingerprint density at radius 3 is 2.76 bits per heavy atom. The first-order chi connectivity index (χ1) is 10.0. The van der Waals surface area contributed by atoms with Gasteiger partial charge in [0.05, 0.1) is 0 Å². The maximum Gasteiger partial charge on any atom is 0.274 e. The summed E-state index contributed by atoms with van der Waals surface area (Å²) in [6.45, 7) is 6.70. The average molecular weight is 284 g/mol. The topological polar surface area (TPSA) is 58.1 Å². The Labute approximate surface area is 125 Å². The van der Waals surface area contributed by atoms with E-state index in [-0.39, 0.29) is 5.91 Å². The van der Waals surface area contributed by atoms with E-state index in [4.69, 9.17) is 0 Å². The molecule has 0 radical (unpaired) electrons. The molecule has 0 aliphatic carbocycles. The SMILES string of the molecule is CCN(C)c1cccc(NC(=O)c2ncnc(C)c2C)c1. The second-order valence-corrected chi connectivity index (χ2v) is 4.95. The molecule has 0 atom stereocenters. The molecule has 1 aromatic heterocycles. The monoisotopic (exact) mass is 284 g/mol. The molecule has 0 aliphatic heterocycles. The van der Waals surface area contributed by atoms with Crippen molar-refractivity contribution in [2.75, 3.05) is 23.8 Å². The van der Waals surface area contributed by atoms with Gasteiger partial charge in [0.25, 0.3) is 5.91 Å². The Balaban J connectivity index is 2.22. The quantitative estimate of drug-likeness (QED) is 0.938. The van der Waals surface area contributed by atoms with E-state index in [2.05, 4.69) is 27.1 Å². The molecule has 1 N–H and O–H groups in total. The third-order valence-corrected chi connectivity index (χ3v) is 3.57. The van der Waals surface area contributed by atoms with Crippen molar-refractivity contribution in [1.29, 1.82) is 0 Å². The van der Waals surface area contributed by atoms with Crippen LogP contribution in [0.15, 0.2) is 30.6 Å². The van der Waals surface area contributed by atoms with E-state index in [0.717, 1.165) is 29.2 Å². The highest BCUT2D eigenvalue weighted by molar-refractivity contribution is 6.04. The minimum atomic E-state index is -0.214. The molecule has 1 amide bonds. The van der Waals surface area contributed by atoms with Crippen LogP contribution in [0, 0.1) is 13.8 Å². The Morgan fingerprint density at radius 1 is 1.29 bits per heavy atom. The summed E-state index contributed by atoms with van der Waals surface area (Å²) in [6, 6.07) is 7.76. The molecule has 21 heavy (non-hydrogen) atoms. The van der Waals surface area contributed by atoms with Crippen LogP contribution in [-0.2, 0) is 0 Å². The number of benzene rings is 1. The summed E-state index contributed by atoms with van der Waals surface area (Å²) in [5, 5.41) is 2.89. The van der Waals surface area contributed by atoms with Gasteiger partial charge in [-0.25, -0.2) is 9.97 Å². The largest absolute Gasteiger partial charge is 0.375 e. The molecule has 0 saturated carbocycles. The molecule has 110 valence electrons. The van der Waals surface area contributed by atoms with Gasteiger partial charge in [0.1, 0.15) is 12.0 Å². The van der Waals surface area contributed by atoms with E-state index in [1.54, 1.807) is 0 Å². The number of nitrogens with one attached hydrogen (secondary N) is 1. The predicted octanol–water partition coefficient (Wildman–Crippen LogP) is 2.80. The van der Waals surface area contributed by atoms with Crippen molar-refractivity contribution < 1.29 is 4.79 Å². The fourth-order valence-corrected chi connectivity index (χ4v) is 1.96. The molecule has 0 bridgehead atoms. The Morgan fingerprint density at radius 2 is 2.05 bits per heavy atom. The standard InChI is InChI=1S/C16H20N4O/c1-5-20(4)14-8-6-7-13(9-14)19-16(21)15-11(2)12(3)17-10-18-15/h6-10H,5H2,1-4H3,(H,19,21). The van der Waals surface area contributed by atoms with Crippen LogP contribution in [0.25, 0.3) is 0 Å². The molecule has 0 fully saturated rings. The lowest BCUT2D eigenvalue weighted by Gasteiger charge is -2.17. The van der Waals surface area contributed by atoms with E-state index in [1.165, 1.54) is 6.33 Å². The summed E-state index contributed by atoms with van der Waals surface area (Å²) in [6.07, 6.45) is 1.42. The van der Waals surface area contributed by atoms with Crippen LogP contribution in [-0.4, -0.2) is 29.5 Å². The molecular formula is C16H20N4O. The molecule has 5 nitrogen and oxygen atoms in total. The van der Waals surface area contributed by atoms with Crippen LogP contribution in [0.4, 0.5) is 11.4 Å². The van der Waals surface area contributed by atoms with Gasteiger partial charge in [0, 0.05) is 36.2 Å². The fraction of sp³-hybridized carbons (Fsp3) is 0.312. The fourth-order valence-electron chi connectivity index (χ4n) is 1.96. The zero-order valence-electron chi connectivity index (χ0n) is 12.8. The van der Waals surface area contributed by atoms with Crippen LogP contribution < -0.4 is 10.2 Å². The van der Waals surface area contributed by atoms with Crippen LogP contribution in [0.2, 0.25) is 0 Å². The van der Waals surface area contributed by atoms with E-state index < -0.39 is 0 Å². The number of carbonyl (C=O) groups excluding carboxylic acids is 1. The molecule has 0 aliphatic rings. The number of anilines is 2. The van der Waals surface area contributed by atoms with Crippen molar-refractivity contribution in [3.05, 3.63) is 47.5 Å². The average Bonchev–Trinajstić information content (AvgIpc) is 2.49. The maximum atomic E-state index is 12.3. The second kappa shape index (κ2) is 6.35. The van der Waals surface area contributed by atoms with Crippen molar-refractivity contribution in [2.24, 2.45) is 0 Å². The van der Waals surface area contributed by atoms with Gasteiger partial charge in [-0.15, -0.1) is 0 Å². The normalized spacial score (nSPS) is 10.3. The predicted molar refractivity (Wildman–Crippen MR) is 84.8 cm³/mol. The van der Waals surface area contributed by atoms with Gasteiger partial charge in [-0.2, -0.15) is 0 Å². The molecule has 2 aromatic rings. The van der Waals surface area contributed by atoms with Crippen molar-refractivity contribution in [3.8, 4) is 0 Å². The molecule has 0 unspecified atom stereocenters. The highest BCUT2D eigenvalue weighted by Gasteiger charge is 2.13. The molecule has 2 rings (SSSR count). The number of nitrogens with zero attached hydrogens (tertiary/aromatic N) is 3. The van der Waals surface area contributed by atoms with Crippen molar-refractivity contribution in [3.63, 3.8) is 0 Å². The van der Waals surface area contributed by atoms with Crippen LogP contribution >= 0.6 is 0 Å². The maximum absolute atomic E-state index is 12.3. The van der Waals surface area contributed by atoms with E-state index in [1.807, 2.05) is 45.2 Å². The van der Waals surface area contributed by atoms with Crippen LogP contribution in [0.1, 0.15) is 28.7 Å². The third-order valence-electron chi connectivity index (χ3n) is 3.57. The summed E-state index contributed by atoms with van der Waals surface area (Å²) < 4.78 is 0. The van der Waals surface area contributed by atoms with Gasteiger partial charge in [0.2, 0.25) is 0 Å². The van der Waals surface area contributed by atoms with E-state index in [9.17, 15) is 4.79 Å². The zero-order valence-corrected chi connectivity index (χ0v) is 12.8. The number of aryl methyl sites for hydroxylation is 1. The highest BCUT2D eigenvalue weighted by Crippen LogP contribution is 2.19. The molecule has 0 saturated heterocycles. The van der Waals surface area contributed by atoms with Crippen molar-refractivity contribution in [1.82, 2.24) is 9.97 Å². The third kappa shape index (κ3) is 3.37. The first kappa shape index (κ1) is 15.0. The second-order valence-electron chi connectivity index (χ2n) is 4.95. The number of aromatic nitrogens is 2.